The van der Waals surface area contributed by atoms with E-state index in [9.17, 15) is 24.3 Å². The van der Waals surface area contributed by atoms with Crippen LogP contribution in [0.2, 0.25) is 0 Å². The second kappa shape index (κ2) is 14.6. The van der Waals surface area contributed by atoms with Gasteiger partial charge in [-0.2, -0.15) is 0 Å². The van der Waals surface area contributed by atoms with Crippen molar-refractivity contribution in [2.45, 2.75) is 85.5 Å². The minimum atomic E-state index is -0.880. The fourth-order valence-electron chi connectivity index (χ4n) is 4.45. The van der Waals surface area contributed by atoms with Crippen molar-refractivity contribution in [1.82, 2.24) is 15.2 Å². The van der Waals surface area contributed by atoms with Gasteiger partial charge in [0, 0.05) is 25.4 Å². The fraction of sp³-hybridized carbons (Fsp3) is 0.607. The summed E-state index contributed by atoms with van der Waals surface area (Å²) in [6.45, 7) is 12.1. The van der Waals surface area contributed by atoms with Crippen LogP contribution < -0.4 is 5.32 Å². The van der Waals surface area contributed by atoms with Crippen LogP contribution in [0.5, 0.6) is 0 Å². The number of esters is 1. The first-order valence-corrected chi connectivity index (χ1v) is 13.2. The number of ether oxygens (including phenoxy) is 1. The molecule has 2 N–H and O–H groups in total. The highest BCUT2D eigenvalue weighted by Crippen LogP contribution is 2.25. The quantitative estimate of drug-likeness (QED) is 0.225. The van der Waals surface area contributed by atoms with Crippen molar-refractivity contribution in [2.75, 3.05) is 13.1 Å². The van der Waals surface area contributed by atoms with Gasteiger partial charge in [0.2, 0.25) is 5.91 Å². The molecule has 0 aliphatic carbocycles. The summed E-state index contributed by atoms with van der Waals surface area (Å²) in [7, 11) is 0. The van der Waals surface area contributed by atoms with Crippen LogP contribution in [0, 0.1) is 11.8 Å². The molecule has 38 heavy (non-hydrogen) atoms. The number of rotatable bonds is 13. The molecular formula is C28H41N3O7. The first kappa shape index (κ1) is 31.0. The van der Waals surface area contributed by atoms with Crippen LogP contribution in [0.4, 0.5) is 0 Å². The summed E-state index contributed by atoms with van der Waals surface area (Å²) >= 11 is 0. The summed E-state index contributed by atoms with van der Waals surface area (Å²) in [5, 5.41) is 12.6. The van der Waals surface area contributed by atoms with Gasteiger partial charge in [-0.3, -0.25) is 14.4 Å². The van der Waals surface area contributed by atoms with Crippen LogP contribution in [0.15, 0.2) is 34.4 Å². The second-order valence-corrected chi connectivity index (χ2v) is 10.3. The van der Waals surface area contributed by atoms with Gasteiger partial charge >= 0.3 is 11.9 Å². The number of likely N-dealkylation sites (tertiary alicyclic amines) is 1. The number of oxazole rings is 1. The van der Waals surface area contributed by atoms with Gasteiger partial charge in [-0.25, -0.2) is 9.78 Å². The lowest BCUT2D eigenvalue weighted by atomic mass is 9.94. The Morgan fingerprint density at radius 1 is 1.26 bits per heavy atom. The first-order chi connectivity index (χ1) is 17.9. The molecule has 0 unspecified atom stereocenters. The Hall–Kier alpha value is -3.27. The molecule has 1 aliphatic heterocycles. The number of likely N-dealkylation sites (N-methyl/N-ethyl adjacent to an activating group) is 1. The van der Waals surface area contributed by atoms with E-state index in [1.165, 1.54) is 17.2 Å². The van der Waals surface area contributed by atoms with Gasteiger partial charge < -0.3 is 24.5 Å². The lowest BCUT2D eigenvalue weighted by Gasteiger charge is -2.29. The molecule has 1 aliphatic rings. The summed E-state index contributed by atoms with van der Waals surface area (Å²) in [4.78, 5) is 55.7. The molecule has 1 aromatic heterocycles. The van der Waals surface area contributed by atoms with Gasteiger partial charge in [0.05, 0.1) is 18.7 Å². The van der Waals surface area contributed by atoms with Crippen LogP contribution in [0.1, 0.15) is 77.3 Å². The predicted octanol–water partition coefficient (Wildman–Crippen LogP) is 3.00. The van der Waals surface area contributed by atoms with Crippen LogP contribution in [-0.4, -0.2) is 69.9 Å². The fourth-order valence-corrected chi connectivity index (χ4v) is 4.45. The topological polar surface area (TPSA) is 139 Å². The molecule has 2 rings (SSSR count). The maximum atomic E-state index is 13.1. The Labute approximate surface area is 224 Å². The number of aromatic nitrogens is 1. The zero-order chi connectivity index (χ0) is 28.4. The average Bonchev–Trinajstić information content (AvgIpc) is 3.49. The molecule has 1 saturated heterocycles. The molecule has 1 aromatic rings. The van der Waals surface area contributed by atoms with Crippen LogP contribution in [0.3, 0.4) is 0 Å². The standard InChI is InChI=1S/C28H41N3O7/c1-7-29-24(34)11-10-19(6)25(18(4)5)38-28(36)23-9-8-12-31(23)27(35)26-30-16-22(37-26)15-21(33)14-20(32)13-17(2)3/h10-11,13,16,18-20,23,25,32H,7-9,12,14-15H2,1-6H3,(H,29,34)/b11-10+/t19-,20-,23-,25-/m1/s1. The molecule has 0 radical (unpaired) electrons. The number of ketones is 1. The van der Waals surface area contributed by atoms with Gasteiger partial charge in [-0.05, 0) is 45.6 Å². The summed E-state index contributed by atoms with van der Waals surface area (Å²) in [5.41, 5.74) is 0.904. The first-order valence-electron chi connectivity index (χ1n) is 13.2. The van der Waals surface area contributed by atoms with E-state index in [-0.39, 0.29) is 48.0 Å². The summed E-state index contributed by atoms with van der Waals surface area (Å²) in [6, 6.07) is -0.778. The van der Waals surface area contributed by atoms with Crippen molar-refractivity contribution >= 4 is 23.6 Å². The maximum absolute atomic E-state index is 13.1. The highest BCUT2D eigenvalue weighted by Gasteiger charge is 2.39. The monoisotopic (exact) mass is 531 g/mol. The third-order valence-electron chi connectivity index (χ3n) is 6.19. The molecule has 0 bridgehead atoms. The number of aliphatic hydroxyl groups is 1. The molecule has 0 spiro atoms. The van der Waals surface area contributed by atoms with E-state index in [0.29, 0.717) is 25.9 Å². The average molecular weight is 532 g/mol. The highest BCUT2D eigenvalue weighted by molar-refractivity contribution is 5.93. The SMILES string of the molecule is CCNC(=O)/C=C/[C@@H](C)[C@H](OC(=O)[C@H]1CCCN1C(=O)c1ncc(CC(=O)C[C@H](O)C=C(C)C)o1)C(C)C. The number of hydrogen-bond donors (Lipinski definition) is 2. The van der Waals surface area contributed by atoms with Crippen LogP contribution >= 0.6 is 0 Å². The predicted molar refractivity (Wildman–Crippen MR) is 141 cm³/mol. The number of allylic oxidation sites excluding steroid dienone is 1. The summed E-state index contributed by atoms with van der Waals surface area (Å²) < 4.78 is 11.4. The smallest absolute Gasteiger partial charge is 0.329 e. The number of carbonyl (C=O) groups is 4. The number of aliphatic hydroxyl groups excluding tert-OH is 1. The largest absolute Gasteiger partial charge is 0.460 e. The van der Waals surface area contributed by atoms with Crippen molar-refractivity contribution < 1.29 is 33.4 Å². The molecule has 2 heterocycles. The van der Waals surface area contributed by atoms with Crippen molar-refractivity contribution in [1.29, 1.82) is 0 Å². The number of nitrogens with zero attached hydrogens (tertiary/aromatic N) is 2. The van der Waals surface area contributed by atoms with Crippen molar-refractivity contribution in [3.8, 4) is 0 Å². The van der Waals surface area contributed by atoms with Gasteiger partial charge in [-0.1, -0.05) is 38.5 Å². The Kier molecular flexibility index (Phi) is 11.9. The molecule has 4 atom stereocenters. The normalized spacial score (nSPS) is 17.8. The summed E-state index contributed by atoms with van der Waals surface area (Å²) in [6.07, 6.45) is 5.63. The van der Waals surface area contributed by atoms with Crippen molar-refractivity contribution in [3.05, 3.63) is 41.6 Å². The Bertz CT molecular complexity index is 1040. The van der Waals surface area contributed by atoms with E-state index in [0.717, 1.165) is 5.57 Å². The minimum absolute atomic E-state index is 0.0134. The van der Waals surface area contributed by atoms with Crippen molar-refractivity contribution in [3.63, 3.8) is 0 Å². The van der Waals surface area contributed by atoms with E-state index in [1.54, 1.807) is 12.2 Å². The Morgan fingerprint density at radius 2 is 1.97 bits per heavy atom. The Balaban J connectivity index is 2.03. The highest BCUT2D eigenvalue weighted by atomic mass is 16.5. The molecule has 10 nitrogen and oxygen atoms in total. The van der Waals surface area contributed by atoms with Crippen molar-refractivity contribution in [2.24, 2.45) is 11.8 Å². The molecular weight excluding hydrogens is 490 g/mol. The second-order valence-electron chi connectivity index (χ2n) is 10.3. The molecule has 10 heteroatoms. The number of amides is 2. The lowest BCUT2D eigenvalue weighted by Crippen LogP contribution is -2.44. The molecule has 2 amide bonds. The Morgan fingerprint density at radius 3 is 2.61 bits per heavy atom. The van der Waals surface area contributed by atoms with E-state index < -0.39 is 30.1 Å². The van der Waals surface area contributed by atoms with E-state index in [1.807, 2.05) is 41.5 Å². The number of hydrogen-bond acceptors (Lipinski definition) is 8. The van der Waals surface area contributed by atoms with Gasteiger partial charge in [0.15, 0.2) is 0 Å². The number of nitrogens with one attached hydrogen (secondary N) is 1. The molecule has 0 saturated carbocycles. The van der Waals surface area contributed by atoms with E-state index in [4.69, 9.17) is 9.15 Å². The van der Waals surface area contributed by atoms with Crippen LogP contribution in [0.25, 0.3) is 0 Å². The number of carbonyl (C=O) groups excluding carboxylic acids is 4. The van der Waals surface area contributed by atoms with Crippen LogP contribution in [-0.2, 0) is 25.5 Å². The zero-order valence-corrected chi connectivity index (χ0v) is 23.2. The van der Waals surface area contributed by atoms with E-state index in [2.05, 4.69) is 10.3 Å². The minimum Gasteiger partial charge on any atom is -0.460 e. The molecule has 1 fully saturated rings. The number of Topliss-reactive ketones (excluding diaryl/α,β-unsaturated/α-hetero) is 1. The third kappa shape index (κ3) is 9.24. The lowest BCUT2D eigenvalue weighted by molar-refractivity contribution is -0.158. The molecule has 210 valence electrons. The maximum Gasteiger partial charge on any atom is 0.329 e. The summed E-state index contributed by atoms with van der Waals surface area (Å²) in [5.74, 6) is -1.72. The zero-order valence-electron chi connectivity index (χ0n) is 23.2. The van der Waals surface area contributed by atoms with Gasteiger partial charge in [-0.15, -0.1) is 0 Å². The van der Waals surface area contributed by atoms with Gasteiger partial charge in [0.25, 0.3) is 5.89 Å². The van der Waals surface area contributed by atoms with Gasteiger partial charge in [0.1, 0.15) is 23.7 Å². The van der Waals surface area contributed by atoms with E-state index >= 15 is 0 Å². The molecule has 0 aromatic carbocycles. The third-order valence-corrected chi connectivity index (χ3v) is 6.19.